The monoisotopic (exact) mass is 282 g/mol. The van der Waals surface area contributed by atoms with E-state index in [1.165, 1.54) is 17.1 Å². The van der Waals surface area contributed by atoms with Crippen molar-refractivity contribution in [3.8, 4) is 0 Å². The number of hydrogen-bond donors (Lipinski definition) is 2. The second-order valence-electron chi connectivity index (χ2n) is 4.79. The highest BCUT2D eigenvalue weighted by Gasteiger charge is 2.26. The molecule has 0 aliphatic carbocycles. The van der Waals surface area contributed by atoms with Gasteiger partial charge in [0.15, 0.2) is 6.23 Å². The molecule has 21 heavy (non-hydrogen) atoms. The molecule has 0 saturated carbocycles. The van der Waals surface area contributed by atoms with E-state index in [1.807, 2.05) is 30.3 Å². The maximum atomic E-state index is 10.8. The Balaban J connectivity index is 1.88. The SMILES string of the molecule is O=C(O)c1ccc(N2N=C(c3ccccc3)CC2O)cc1. The second-order valence-corrected chi connectivity index (χ2v) is 4.79. The Morgan fingerprint density at radius 2 is 1.76 bits per heavy atom. The molecule has 0 saturated heterocycles. The van der Waals surface area contributed by atoms with Crippen molar-refractivity contribution in [1.29, 1.82) is 0 Å². The van der Waals surface area contributed by atoms with Crippen LogP contribution in [-0.2, 0) is 0 Å². The summed E-state index contributed by atoms with van der Waals surface area (Å²) in [4.78, 5) is 10.8. The Labute approximate surface area is 121 Å². The van der Waals surface area contributed by atoms with Crippen LogP contribution in [0.3, 0.4) is 0 Å². The third kappa shape index (κ3) is 2.64. The van der Waals surface area contributed by atoms with E-state index in [4.69, 9.17) is 5.11 Å². The smallest absolute Gasteiger partial charge is 0.335 e. The largest absolute Gasteiger partial charge is 0.478 e. The van der Waals surface area contributed by atoms with Crippen molar-refractivity contribution in [2.75, 3.05) is 5.01 Å². The van der Waals surface area contributed by atoms with Gasteiger partial charge < -0.3 is 10.2 Å². The van der Waals surface area contributed by atoms with E-state index >= 15 is 0 Å². The molecule has 0 aromatic heterocycles. The van der Waals surface area contributed by atoms with Crippen molar-refractivity contribution in [3.05, 3.63) is 65.7 Å². The summed E-state index contributed by atoms with van der Waals surface area (Å²) in [5.74, 6) is -0.975. The zero-order valence-corrected chi connectivity index (χ0v) is 11.2. The number of hydrogen-bond acceptors (Lipinski definition) is 4. The molecule has 1 aliphatic rings. The van der Waals surface area contributed by atoms with Crippen LogP contribution in [0.4, 0.5) is 5.69 Å². The predicted molar refractivity (Wildman–Crippen MR) is 79.5 cm³/mol. The maximum absolute atomic E-state index is 10.8. The molecule has 1 aliphatic heterocycles. The van der Waals surface area contributed by atoms with Crippen LogP contribution in [0, 0.1) is 0 Å². The van der Waals surface area contributed by atoms with E-state index in [0.29, 0.717) is 12.1 Å². The van der Waals surface area contributed by atoms with Gasteiger partial charge in [-0.1, -0.05) is 30.3 Å². The molecular weight excluding hydrogens is 268 g/mol. The minimum absolute atomic E-state index is 0.208. The number of nitrogens with zero attached hydrogens (tertiary/aromatic N) is 2. The van der Waals surface area contributed by atoms with Gasteiger partial charge in [-0.25, -0.2) is 9.80 Å². The van der Waals surface area contributed by atoms with E-state index in [2.05, 4.69) is 5.10 Å². The summed E-state index contributed by atoms with van der Waals surface area (Å²) in [6.07, 6.45) is -0.305. The first-order valence-corrected chi connectivity index (χ1v) is 6.59. The Morgan fingerprint density at radius 1 is 1.10 bits per heavy atom. The fourth-order valence-electron chi connectivity index (χ4n) is 2.29. The van der Waals surface area contributed by atoms with Crippen LogP contribution in [0.2, 0.25) is 0 Å². The molecule has 0 radical (unpaired) electrons. The minimum Gasteiger partial charge on any atom is -0.478 e. The number of aliphatic hydroxyl groups excluding tert-OH is 1. The van der Waals surface area contributed by atoms with Gasteiger partial charge in [-0.05, 0) is 29.8 Å². The molecule has 0 spiro atoms. The molecule has 5 heteroatoms. The quantitative estimate of drug-likeness (QED) is 0.906. The number of carboxylic acid groups (broad SMARTS) is 1. The molecule has 2 aromatic carbocycles. The van der Waals surface area contributed by atoms with E-state index < -0.39 is 12.2 Å². The molecule has 3 rings (SSSR count). The molecule has 1 heterocycles. The molecule has 5 nitrogen and oxygen atoms in total. The van der Waals surface area contributed by atoms with Gasteiger partial charge in [0.2, 0.25) is 0 Å². The number of rotatable bonds is 3. The number of benzene rings is 2. The standard InChI is InChI=1S/C16H14N2O3/c19-15-10-14(11-4-2-1-3-5-11)17-18(15)13-8-6-12(7-9-13)16(20)21/h1-9,15,19H,10H2,(H,20,21). The van der Waals surface area contributed by atoms with Crippen LogP contribution in [0.15, 0.2) is 59.7 Å². The molecule has 106 valence electrons. The number of carboxylic acids is 1. The van der Waals surface area contributed by atoms with Gasteiger partial charge >= 0.3 is 5.97 Å². The second kappa shape index (κ2) is 5.38. The first-order valence-electron chi connectivity index (χ1n) is 6.59. The van der Waals surface area contributed by atoms with Crippen molar-refractivity contribution in [2.45, 2.75) is 12.6 Å². The average molecular weight is 282 g/mol. The highest BCUT2D eigenvalue weighted by atomic mass is 16.4. The molecule has 2 N–H and O–H groups in total. The van der Waals surface area contributed by atoms with Crippen LogP contribution >= 0.6 is 0 Å². The third-order valence-electron chi connectivity index (χ3n) is 3.37. The highest BCUT2D eigenvalue weighted by Crippen LogP contribution is 2.25. The van der Waals surface area contributed by atoms with Gasteiger partial charge in [0.25, 0.3) is 0 Å². The van der Waals surface area contributed by atoms with Gasteiger partial charge in [0, 0.05) is 6.42 Å². The van der Waals surface area contributed by atoms with Crippen LogP contribution < -0.4 is 5.01 Å². The lowest BCUT2D eigenvalue weighted by Crippen LogP contribution is -2.25. The Kier molecular flexibility index (Phi) is 3.41. The fraction of sp³-hybridized carbons (Fsp3) is 0.125. The van der Waals surface area contributed by atoms with Crippen molar-refractivity contribution >= 4 is 17.4 Å². The first kappa shape index (κ1) is 13.3. The number of aliphatic hydroxyl groups is 1. The highest BCUT2D eigenvalue weighted by molar-refractivity contribution is 6.03. The predicted octanol–water partition coefficient (Wildman–Crippen LogP) is 2.32. The molecule has 2 aromatic rings. The lowest BCUT2D eigenvalue weighted by molar-refractivity contribution is 0.0697. The number of anilines is 1. The summed E-state index contributed by atoms with van der Waals surface area (Å²) in [5.41, 5.74) is 2.66. The van der Waals surface area contributed by atoms with Crippen molar-refractivity contribution in [2.24, 2.45) is 5.10 Å². The summed E-state index contributed by atoms with van der Waals surface area (Å²) < 4.78 is 0. The zero-order chi connectivity index (χ0) is 14.8. The Hall–Kier alpha value is -2.66. The van der Waals surface area contributed by atoms with Crippen LogP contribution in [0.25, 0.3) is 0 Å². The van der Waals surface area contributed by atoms with Crippen LogP contribution in [0.5, 0.6) is 0 Å². The topological polar surface area (TPSA) is 73.1 Å². The molecule has 1 unspecified atom stereocenters. The van der Waals surface area contributed by atoms with E-state index in [-0.39, 0.29) is 5.56 Å². The third-order valence-corrected chi connectivity index (χ3v) is 3.37. The lowest BCUT2D eigenvalue weighted by atomic mass is 10.1. The number of carbonyl (C=O) groups is 1. The van der Waals surface area contributed by atoms with E-state index in [1.54, 1.807) is 12.1 Å². The molecule has 0 bridgehead atoms. The number of hydrazone groups is 1. The van der Waals surface area contributed by atoms with Crippen LogP contribution in [0.1, 0.15) is 22.3 Å². The normalized spacial score (nSPS) is 17.7. The van der Waals surface area contributed by atoms with Crippen molar-refractivity contribution < 1.29 is 15.0 Å². The molecular formula is C16H14N2O3. The average Bonchev–Trinajstić information content (AvgIpc) is 2.90. The van der Waals surface area contributed by atoms with E-state index in [0.717, 1.165) is 11.3 Å². The van der Waals surface area contributed by atoms with Crippen molar-refractivity contribution in [1.82, 2.24) is 0 Å². The summed E-state index contributed by atoms with van der Waals surface area (Å²) in [7, 11) is 0. The molecule has 0 fully saturated rings. The van der Waals surface area contributed by atoms with Gasteiger partial charge in [0.05, 0.1) is 17.0 Å². The summed E-state index contributed by atoms with van der Waals surface area (Å²) in [5, 5.41) is 25.0. The van der Waals surface area contributed by atoms with Crippen LogP contribution in [-0.4, -0.2) is 28.1 Å². The Bertz CT molecular complexity index is 680. The van der Waals surface area contributed by atoms with Gasteiger partial charge in [-0.2, -0.15) is 5.10 Å². The number of aromatic carboxylic acids is 1. The molecule has 1 atom stereocenters. The van der Waals surface area contributed by atoms with Crippen molar-refractivity contribution in [3.63, 3.8) is 0 Å². The van der Waals surface area contributed by atoms with Gasteiger partial charge in [-0.3, -0.25) is 0 Å². The first-order chi connectivity index (χ1) is 10.1. The minimum atomic E-state index is -0.975. The van der Waals surface area contributed by atoms with Gasteiger partial charge in [-0.15, -0.1) is 0 Å². The summed E-state index contributed by atoms with van der Waals surface area (Å²) in [6.45, 7) is 0. The molecule has 0 amide bonds. The summed E-state index contributed by atoms with van der Waals surface area (Å²) in [6, 6.07) is 16.0. The maximum Gasteiger partial charge on any atom is 0.335 e. The zero-order valence-electron chi connectivity index (χ0n) is 11.2. The fourth-order valence-corrected chi connectivity index (χ4v) is 2.29. The van der Waals surface area contributed by atoms with E-state index in [9.17, 15) is 9.90 Å². The lowest BCUT2D eigenvalue weighted by Gasteiger charge is -2.18. The Morgan fingerprint density at radius 3 is 2.38 bits per heavy atom. The summed E-state index contributed by atoms with van der Waals surface area (Å²) >= 11 is 0. The van der Waals surface area contributed by atoms with Gasteiger partial charge in [0.1, 0.15) is 0 Å².